The summed E-state index contributed by atoms with van der Waals surface area (Å²) in [6, 6.07) is 20.1. The molecule has 4 atom stereocenters. The molecule has 0 radical (unpaired) electrons. The van der Waals surface area contributed by atoms with Gasteiger partial charge in [-0.2, -0.15) is 0 Å². The van der Waals surface area contributed by atoms with Crippen LogP contribution in [0.2, 0.25) is 0 Å². The molecule has 390 valence electrons. The number of phenolic OH excluding ortho intramolecular Hbond substituents is 4. The van der Waals surface area contributed by atoms with Gasteiger partial charge in [-0.3, -0.25) is 19.2 Å². The maximum atomic E-state index is 11.9. The second-order valence-corrected chi connectivity index (χ2v) is 17.1. The molecule has 4 aromatic rings. The summed E-state index contributed by atoms with van der Waals surface area (Å²) < 4.78 is 21.2. The number of hydroxylamine groups is 2. The van der Waals surface area contributed by atoms with E-state index < -0.39 is 42.0 Å². The minimum absolute atomic E-state index is 0.0965. The Morgan fingerprint density at radius 3 is 1.15 bits per heavy atom. The van der Waals surface area contributed by atoms with E-state index in [-0.39, 0.29) is 83.5 Å². The maximum Gasteiger partial charge on any atom is 0.431 e. The molecule has 0 bridgehead atoms. The van der Waals surface area contributed by atoms with Crippen molar-refractivity contribution < 1.29 is 77.8 Å². The Balaban J connectivity index is 0.000000334. The second-order valence-electron chi connectivity index (χ2n) is 17.1. The quantitative estimate of drug-likeness (QED) is 0.0230. The molecule has 1 fully saturated rings. The third-order valence-electron chi connectivity index (χ3n) is 11.5. The van der Waals surface area contributed by atoms with E-state index in [0.717, 1.165) is 35.1 Å². The monoisotopic (exact) mass is 1000 g/mol. The smallest absolute Gasteiger partial charge is 0.431 e. The molecule has 20 heteroatoms. The van der Waals surface area contributed by atoms with Gasteiger partial charge >= 0.3 is 30.2 Å². The number of amides is 5. The van der Waals surface area contributed by atoms with E-state index in [1.165, 1.54) is 33.3 Å². The van der Waals surface area contributed by atoms with Crippen LogP contribution in [0.15, 0.2) is 72.8 Å². The Bertz CT molecular complexity index is 2370. The lowest BCUT2D eigenvalue weighted by molar-refractivity contribution is -0.171. The lowest BCUT2D eigenvalue weighted by Gasteiger charge is -2.21. The minimum atomic E-state index is -0.821. The Hall–Kier alpha value is -8.03. The second kappa shape index (κ2) is 28.6. The predicted molar refractivity (Wildman–Crippen MR) is 263 cm³/mol. The van der Waals surface area contributed by atoms with Crippen LogP contribution >= 0.6 is 0 Å². The number of phenols is 4. The van der Waals surface area contributed by atoms with Gasteiger partial charge in [-0.25, -0.2) is 14.4 Å². The molecule has 4 aromatic carbocycles. The first-order valence-electron chi connectivity index (χ1n) is 23.3. The first-order chi connectivity index (χ1) is 34.1. The van der Waals surface area contributed by atoms with Crippen molar-refractivity contribution in [3.8, 4) is 46.0 Å². The molecule has 5 rings (SSSR count). The van der Waals surface area contributed by atoms with E-state index in [0.29, 0.717) is 29.7 Å². The molecule has 0 spiro atoms. The van der Waals surface area contributed by atoms with Crippen LogP contribution in [0.25, 0.3) is 0 Å². The summed E-state index contributed by atoms with van der Waals surface area (Å²) >= 11 is 0. The highest BCUT2D eigenvalue weighted by Gasteiger charge is 2.32. The Labute approximate surface area is 418 Å². The number of hydrogen-bond acceptors (Lipinski definition) is 16. The van der Waals surface area contributed by atoms with Crippen LogP contribution in [0.4, 0.5) is 14.4 Å². The topological polar surface area (TPSA) is 286 Å². The molecule has 1 saturated heterocycles. The van der Waals surface area contributed by atoms with Crippen molar-refractivity contribution in [3.05, 3.63) is 95.1 Å². The van der Waals surface area contributed by atoms with E-state index in [9.17, 15) is 54.0 Å². The van der Waals surface area contributed by atoms with Gasteiger partial charge in [-0.15, -0.1) is 5.06 Å². The molecule has 1 aliphatic heterocycles. The third kappa shape index (κ3) is 18.7. The standard InChI is InChI=1S/C28H36N2O8.C18H22O4.C6H8N2O4/c1-7-25(31)35-21-11-9-20(16-24(21)38-28(34)30-6)14-18(4)17(3)13-19-10-12-22(37-27(33)29-5)23(15-19)36-26(32)8-2;1-11(7-13-3-5-15(19)17(21)9-13)12(2)8-14-4-6-16(20)18(22)10-14;1-7-6(11)12-8-4(9)2-3-5(8)10/h9-12,15-18H,7-8,13-14H2,1-6H3,(H,29,33)(H,30,34);3-6,9-12,19-22H,7-8H2,1-2H3;2-3H2,1H3,(H,7,11)/t17-,18+;11-,12+;/m0../s1. The summed E-state index contributed by atoms with van der Waals surface area (Å²) in [4.78, 5) is 83.8. The highest BCUT2D eigenvalue weighted by molar-refractivity contribution is 6.01. The zero-order valence-electron chi connectivity index (χ0n) is 42.0. The van der Waals surface area contributed by atoms with E-state index in [2.05, 4.69) is 48.5 Å². The number of nitrogens with one attached hydrogen (secondary N) is 3. The van der Waals surface area contributed by atoms with Gasteiger partial charge in [-0.1, -0.05) is 65.8 Å². The van der Waals surface area contributed by atoms with Gasteiger partial charge in [0.05, 0.1) is 0 Å². The maximum absolute atomic E-state index is 11.9. The van der Waals surface area contributed by atoms with Crippen molar-refractivity contribution in [2.75, 3.05) is 21.1 Å². The summed E-state index contributed by atoms with van der Waals surface area (Å²) in [5.41, 5.74) is 3.77. The van der Waals surface area contributed by atoms with Crippen LogP contribution in [-0.2, 0) is 49.7 Å². The lowest BCUT2D eigenvalue weighted by Crippen LogP contribution is -2.35. The van der Waals surface area contributed by atoms with Crippen molar-refractivity contribution in [1.29, 1.82) is 0 Å². The van der Waals surface area contributed by atoms with Gasteiger partial charge in [-0.05, 0) is 120 Å². The summed E-state index contributed by atoms with van der Waals surface area (Å²) in [6.07, 6.45) is 1.36. The molecule has 7 N–H and O–H groups in total. The molecule has 5 amide bonds. The normalized spacial score (nSPS) is 13.3. The van der Waals surface area contributed by atoms with Crippen molar-refractivity contribution in [1.82, 2.24) is 21.0 Å². The number of carbonyl (C=O) groups is 7. The van der Waals surface area contributed by atoms with Crippen LogP contribution in [0.1, 0.15) is 89.5 Å². The number of nitrogens with zero attached hydrogens (tertiary/aromatic N) is 1. The Morgan fingerprint density at radius 2 is 0.792 bits per heavy atom. The van der Waals surface area contributed by atoms with Crippen molar-refractivity contribution in [2.24, 2.45) is 23.7 Å². The minimum Gasteiger partial charge on any atom is -0.504 e. The fourth-order valence-electron chi connectivity index (χ4n) is 6.85. The van der Waals surface area contributed by atoms with Crippen LogP contribution in [-0.4, -0.2) is 88.7 Å². The SMILES string of the molecule is CCC(=O)Oc1cc(C[C@H](C)[C@H](C)Cc2ccc(OC(=O)CC)c(OC(=O)NC)c2)ccc1OC(=O)NC.CNC(=O)ON1C(=O)CCC1=O.C[C@H](Cc1ccc(O)c(O)c1)[C@@H](C)Cc1ccc(O)c(O)c1. The third-order valence-corrected chi connectivity index (χ3v) is 11.5. The van der Waals surface area contributed by atoms with Crippen LogP contribution in [0.3, 0.4) is 0 Å². The van der Waals surface area contributed by atoms with Crippen molar-refractivity contribution in [2.45, 2.75) is 92.9 Å². The van der Waals surface area contributed by atoms with Gasteiger partial charge in [0.1, 0.15) is 0 Å². The van der Waals surface area contributed by atoms with Gasteiger partial charge in [0.2, 0.25) is 0 Å². The first-order valence-corrected chi connectivity index (χ1v) is 23.3. The largest absolute Gasteiger partial charge is 0.504 e. The molecule has 0 unspecified atom stereocenters. The number of hydrogen-bond donors (Lipinski definition) is 7. The van der Waals surface area contributed by atoms with E-state index in [4.69, 9.17) is 18.9 Å². The predicted octanol–water partition coefficient (Wildman–Crippen LogP) is 7.78. The van der Waals surface area contributed by atoms with Crippen LogP contribution in [0.5, 0.6) is 46.0 Å². The summed E-state index contributed by atoms with van der Waals surface area (Å²) in [7, 11) is 4.23. The molecule has 1 heterocycles. The summed E-state index contributed by atoms with van der Waals surface area (Å²) in [5.74, 6) is -0.427. The zero-order valence-corrected chi connectivity index (χ0v) is 42.0. The molecule has 0 aromatic heterocycles. The summed E-state index contributed by atoms with van der Waals surface area (Å²) in [5, 5.41) is 45.1. The first kappa shape index (κ1) is 58.3. The van der Waals surface area contributed by atoms with E-state index >= 15 is 0 Å². The van der Waals surface area contributed by atoms with Gasteiger partial charge in [0, 0.05) is 46.8 Å². The molecule has 1 aliphatic rings. The van der Waals surface area contributed by atoms with Crippen molar-refractivity contribution in [3.63, 3.8) is 0 Å². The van der Waals surface area contributed by atoms with Gasteiger partial charge in [0.25, 0.3) is 11.8 Å². The molecule has 0 saturated carbocycles. The fraction of sp³-hybridized carbons (Fsp3) is 0.404. The van der Waals surface area contributed by atoms with Crippen LogP contribution in [0, 0.1) is 23.7 Å². The Kier molecular flexibility index (Phi) is 23.1. The molecule has 20 nitrogen and oxygen atoms in total. The highest BCUT2D eigenvalue weighted by atomic mass is 16.7. The summed E-state index contributed by atoms with van der Waals surface area (Å²) in [6.45, 7) is 11.8. The van der Waals surface area contributed by atoms with Gasteiger partial charge < -0.3 is 60.2 Å². The zero-order chi connectivity index (χ0) is 53.7. The number of carbonyl (C=O) groups excluding carboxylic acids is 7. The van der Waals surface area contributed by atoms with E-state index in [1.54, 1.807) is 50.2 Å². The number of imide groups is 1. The number of aromatic hydroxyl groups is 4. The highest BCUT2D eigenvalue weighted by Crippen LogP contribution is 2.34. The number of rotatable bonds is 17. The number of ether oxygens (including phenoxy) is 4. The number of benzene rings is 4. The van der Waals surface area contributed by atoms with Crippen LogP contribution < -0.4 is 34.9 Å². The average Bonchev–Trinajstić information content (AvgIpc) is 3.67. The van der Waals surface area contributed by atoms with E-state index in [1.807, 2.05) is 24.3 Å². The Morgan fingerprint density at radius 1 is 0.472 bits per heavy atom. The molecular formula is C52H66N4O16. The number of esters is 2. The molecule has 72 heavy (non-hydrogen) atoms. The van der Waals surface area contributed by atoms with Crippen molar-refractivity contribution >= 4 is 42.0 Å². The van der Waals surface area contributed by atoms with Gasteiger partial charge in [0.15, 0.2) is 46.0 Å². The lowest BCUT2D eigenvalue weighted by atomic mass is 9.85. The molecule has 0 aliphatic carbocycles. The molecular weight excluding hydrogens is 937 g/mol. The average molecular weight is 1000 g/mol. The fourth-order valence-corrected chi connectivity index (χ4v) is 6.85.